The summed E-state index contributed by atoms with van der Waals surface area (Å²) in [6, 6.07) is 0. The number of rotatable bonds is 2. The van der Waals surface area contributed by atoms with Gasteiger partial charge in [-0.15, -0.1) is 0 Å². The summed E-state index contributed by atoms with van der Waals surface area (Å²) < 4.78 is 0. The van der Waals surface area contributed by atoms with Gasteiger partial charge in [0.25, 0.3) is 0 Å². The molecule has 6 heteroatoms. The highest BCUT2D eigenvalue weighted by molar-refractivity contribution is 6.33. The molecule has 0 radical (unpaired) electrons. The fraction of sp³-hybridized carbons (Fsp3) is 0.600. The smallest absolute Gasteiger partial charge is 0.224 e. The standard InChI is InChI=1S/C10H14Cl2N4/c1-2-15-3-5-16(6-4-15)9-8(11)7-13-10(12)14-9/h7H,2-6H2,1H3. The first-order valence-corrected chi connectivity index (χ1v) is 6.11. The number of hydrogen-bond acceptors (Lipinski definition) is 4. The second kappa shape index (κ2) is 5.17. The van der Waals surface area contributed by atoms with Crippen LogP contribution in [0.4, 0.5) is 5.82 Å². The van der Waals surface area contributed by atoms with Crippen molar-refractivity contribution in [3.8, 4) is 0 Å². The van der Waals surface area contributed by atoms with Gasteiger partial charge in [-0.05, 0) is 18.1 Å². The van der Waals surface area contributed by atoms with Crippen LogP contribution in [0.3, 0.4) is 0 Å². The van der Waals surface area contributed by atoms with E-state index in [2.05, 4.69) is 26.7 Å². The Morgan fingerprint density at radius 2 is 1.94 bits per heavy atom. The van der Waals surface area contributed by atoms with Crippen molar-refractivity contribution in [2.24, 2.45) is 0 Å². The largest absolute Gasteiger partial charge is 0.353 e. The van der Waals surface area contributed by atoms with Crippen molar-refractivity contribution in [1.29, 1.82) is 0 Å². The topological polar surface area (TPSA) is 32.3 Å². The van der Waals surface area contributed by atoms with Gasteiger partial charge in [-0.3, -0.25) is 0 Å². The Morgan fingerprint density at radius 1 is 1.25 bits per heavy atom. The normalized spacial score (nSPS) is 17.8. The number of anilines is 1. The van der Waals surface area contributed by atoms with Crippen molar-refractivity contribution < 1.29 is 0 Å². The first-order chi connectivity index (χ1) is 7.70. The molecular formula is C10H14Cl2N4. The molecule has 0 amide bonds. The zero-order chi connectivity index (χ0) is 11.5. The second-order valence-corrected chi connectivity index (χ2v) is 4.48. The maximum absolute atomic E-state index is 6.06. The van der Waals surface area contributed by atoms with Gasteiger partial charge < -0.3 is 9.80 Å². The third-order valence-electron chi connectivity index (χ3n) is 2.82. The van der Waals surface area contributed by atoms with Crippen LogP contribution in [0.1, 0.15) is 6.92 Å². The molecule has 1 saturated heterocycles. The zero-order valence-corrected chi connectivity index (χ0v) is 10.7. The van der Waals surface area contributed by atoms with Crippen LogP contribution in [0, 0.1) is 0 Å². The van der Waals surface area contributed by atoms with E-state index in [1.807, 2.05) is 0 Å². The van der Waals surface area contributed by atoms with E-state index in [1.54, 1.807) is 6.20 Å². The lowest BCUT2D eigenvalue weighted by Gasteiger charge is -2.34. The van der Waals surface area contributed by atoms with Crippen LogP contribution in [0.5, 0.6) is 0 Å². The van der Waals surface area contributed by atoms with Crippen LogP contribution in [-0.2, 0) is 0 Å². The van der Waals surface area contributed by atoms with Crippen molar-refractivity contribution in [2.75, 3.05) is 37.6 Å². The van der Waals surface area contributed by atoms with Gasteiger partial charge in [-0.25, -0.2) is 4.98 Å². The van der Waals surface area contributed by atoms with Crippen LogP contribution < -0.4 is 4.90 Å². The van der Waals surface area contributed by atoms with E-state index in [1.165, 1.54) is 0 Å². The van der Waals surface area contributed by atoms with E-state index < -0.39 is 0 Å². The van der Waals surface area contributed by atoms with Crippen molar-refractivity contribution in [3.63, 3.8) is 0 Å². The fourth-order valence-corrected chi connectivity index (χ4v) is 2.17. The molecule has 0 N–H and O–H groups in total. The average Bonchev–Trinajstić information content (AvgIpc) is 2.32. The highest BCUT2D eigenvalue weighted by Crippen LogP contribution is 2.24. The quantitative estimate of drug-likeness (QED) is 0.761. The predicted octanol–water partition coefficient (Wildman–Crippen LogP) is 1.93. The molecule has 16 heavy (non-hydrogen) atoms. The molecule has 0 aliphatic carbocycles. The van der Waals surface area contributed by atoms with Crippen LogP contribution in [0.25, 0.3) is 0 Å². The summed E-state index contributed by atoms with van der Waals surface area (Å²) >= 11 is 11.8. The number of halogens is 2. The molecule has 0 aromatic carbocycles. The monoisotopic (exact) mass is 260 g/mol. The van der Waals surface area contributed by atoms with E-state index >= 15 is 0 Å². The minimum absolute atomic E-state index is 0.248. The van der Waals surface area contributed by atoms with Gasteiger partial charge in [-0.2, -0.15) is 4.98 Å². The lowest BCUT2D eigenvalue weighted by molar-refractivity contribution is 0.270. The summed E-state index contributed by atoms with van der Waals surface area (Å²) in [4.78, 5) is 12.6. The molecule has 2 rings (SSSR count). The van der Waals surface area contributed by atoms with Gasteiger partial charge in [0.1, 0.15) is 5.02 Å². The van der Waals surface area contributed by atoms with Crippen LogP contribution in [0.15, 0.2) is 6.20 Å². The minimum Gasteiger partial charge on any atom is -0.353 e. The summed E-state index contributed by atoms with van der Waals surface area (Å²) in [6.07, 6.45) is 1.55. The summed E-state index contributed by atoms with van der Waals surface area (Å²) in [7, 11) is 0. The van der Waals surface area contributed by atoms with Crippen molar-refractivity contribution >= 4 is 29.0 Å². The van der Waals surface area contributed by atoms with Crippen LogP contribution >= 0.6 is 23.2 Å². The first-order valence-electron chi connectivity index (χ1n) is 5.36. The molecule has 1 fully saturated rings. The van der Waals surface area contributed by atoms with E-state index in [4.69, 9.17) is 23.2 Å². The van der Waals surface area contributed by atoms with Gasteiger partial charge in [0, 0.05) is 26.2 Å². The summed E-state index contributed by atoms with van der Waals surface area (Å²) in [6.45, 7) is 7.20. The third-order valence-corrected chi connectivity index (χ3v) is 3.26. The maximum atomic E-state index is 6.06. The Balaban J connectivity index is 2.10. The van der Waals surface area contributed by atoms with E-state index in [0.717, 1.165) is 38.5 Å². The number of nitrogens with zero attached hydrogens (tertiary/aromatic N) is 4. The van der Waals surface area contributed by atoms with E-state index in [-0.39, 0.29) is 5.28 Å². The molecule has 1 aliphatic rings. The maximum Gasteiger partial charge on any atom is 0.224 e. The molecule has 1 aromatic heterocycles. The summed E-state index contributed by atoms with van der Waals surface area (Å²) in [5.74, 6) is 0.748. The van der Waals surface area contributed by atoms with Crippen LogP contribution in [0.2, 0.25) is 10.3 Å². The lowest BCUT2D eigenvalue weighted by atomic mass is 10.3. The molecule has 0 atom stereocenters. The Morgan fingerprint density at radius 3 is 2.56 bits per heavy atom. The highest BCUT2D eigenvalue weighted by Gasteiger charge is 2.19. The Hall–Kier alpha value is -0.580. The third kappa shape index (κ3) is 2.56. The summed E-state index contributed by atoms with van der Waals surface area (Å²) in [5, 5.41) is 0.812. The van der Waals surface area contributed by atoms with Crippen LogP contribution in [-0.4, -0.2) is 47.6 Å². The van der Waals surface area contributed by atoms with Gasteiger partial charge in [0.15, 0.2) is 5.82 Å². The second-order valence-electron chi connectivity index (χ2n) is 3.73. The number of likely N-dealkylation sites (N-methyl/N-ethyl adjacent to an activating group) is 1. The molecule has 0 spiro atoms. The number of aromatic nitrogens is 2. The molecule has 0 saturated carbocycles. The summed E-state index contributed by atoms with van der Waals surface area (Å²) in [5.41, 5.74) is 0. The van der Waals surface area contributed by atoms with E-state index in [9.17, 15) is 0 Å². The highest BCUT2D eigenvalue weighted by atomic mass is 35.5. The molecule has 2 heterocycles. The number of piperazine rings is 1. The minimum atomic E-state index is 0.248. The molecule has 1 aromatic rings. The Bertz CT molecular complexity index is 364. The SMILES string of the molecule is CCN1CCN(c2nc(Cl)ncc2Cl)CC1. The molecule has 0 bridgehead atoms. The van der Waals surface area contributed by atoms with Gasteiger partial charge >= 0.3 is 0 Å². The van der Waals surface area contributed by atoms with Crippen molar-refractivity contribution in [1.82, 2.24) is 14.9 Å². The zero-order valence-electron chi connectivity index (χ0n) is 9.16. The van der Waals surface area contributed by atoms with Gasteiger partial charge in [0.05, 0.1) is 6.20 Å². The van der Waals surface area contributed by atoms with Gasteiger partial charge in [-0.1, -0.05) is 18.5 Å². The molecular weight excluding hydrogens is 247 g/mol. The van der Waals surface area contributed by atoms with E-state index in [0.29, 0.717) is 5.02 Å². The van der Waals surface area contributed by atoms with Gasteiger partial charge in [0.2, 0.25) is 5.28 Å². The fourth-order valence-electron chi connectivity index (χ4n) is 1.83. The van der Waals surface area contributed by atoms with Crippen molar-refractivity contribution in [3.05, 3.63) is 16.5 Å². The predicted molar refractivity (Wildman–Crippen MR) is 66.4 cm³/mol. The Kier molecular flexibility index (Phi) is 3.84. The Labute approximate surface area is 105 Å². The number of hydrogen-bond donors (Lipinski definition) is 0. The van der Waals surface area contributed by atoms with Crippen molar-refractivity contribution in [2.45, 2.75) is 6.92 Å². The first kappa shape index (κ1) is 11.9. The molecule has 0 unspecified atom stereocenters. The molecule has 1 aliphatic heterocycles. The average molecular weight is 261 g/mol. The molecule has 4 nitrogen and oxygen atoms in total. The molecule has 88 valence electrons. The lowest BCUT2D eigenvalue weighted by Crippen LogP contribution is -2.46.